The number of amides is 1. The largest absolute Gasteiger partial charge is 0.325 e. The average molecular weight is 432 g/mol. The fourth-order valence-electron chi connectivity index (χ4n) is 3.36. The van der Waals surface area contributed by atoms with Crippen LogP contribution in [0.1, 0.15) is 29.7 Å². The summed E-state index contributed by atoms with van der Waals surface area (Å²) in [4.78, 5) is 31.8. The molecule has 2 heterocycles. The number of halogens is 1. The molecule has 0 atom stereocenters. The quantitative estimate of drug-likeness (QED) is 0.634. The van der Waals surface area contributed by atoms with Gasteiger partial charge in [0, 0.05) is 15.0 Å². The van der Waals surface area contributed by atoms with Crippen LogP contribution in [0.5, 0.6) is 0 Å². The molecule has 0 aliphatic heterocycles. The van der Waals surface area contributed by atoms with Gasteiger partial charge in [0.25, 0.3) is 5.56 Å². The van der Waals surface area contributed by atoms with Crippen molar-refractivity contribution in [1.29, 1.82) is 0 Å². The number of nitrogens with zero attached hydrogens (tertiary/aromatic N) is 2. The summed E-state index contributed by atoms with van der Waals surface area (Å²) in [5.41, 5.74) is 1.74. The summed E-state index contributed by atoms with van der Waals surface area (Å²) in [6.45, 7) is -0.0392. The van der Waals surface area contributed by atoms with Crippen LogP contribution in [0.15, 0.2) is 39.9 Å². The second-order valence-corrected chi connectivity index (χ2v) is 8.48. The molecule has 0 spiro atoms. The fraction of sp³-hybridized carbons (Fsp3) is 0.316. The van der Waals surface area contributed by atoms with Crippen LogP contribution in [0.4, 0.5) is 5.69 Å². The number of carbonyl (C=O) groups excluding carboxylic acids is 1. The molecule has 1 aliphatic rings. The highest BCUT2D eigenvalue weighted by atomic mass is 79.9. The first kappa shape index (κ1) is 17.4. The molecule has 1 N–H and O–H groups in total. The van der Waals surface area contributed by atoms with Crippen LogP contribution in [0.3, 0.4) is 0 Å². The Labute approximate surface area is 163 Å². The van der Waals surface area contributed by atoms with Gasteiger partial charge in [-0.05, 0) is 55.5 Å². The Morgan fingerprint density at radius 2 is 1.96 bits per heavy atom. The van der Waals surface area contributed by atoms with E-state index in [1.165, 1.54) is 28.6 Å². The van der Waals surface area contributed by atoms with Gasteiger partial charge in [-0.15, -0.1) is 11.3 Å². The molecule has 0 saturated carbocycles. The van der Waals surface area contributed by atoms with E-state index in [-0.39, 0.29) is 18.0 Å². The van der Waals surface area contributed by atoms with Crippen molar-refractivity contribution in [3.05, 3.63) is 55.9 Å². The molecule has 0 bridgehead atoms. The first-order chi connectivity index (χ1) is 12.6. The molecule has 4 rings (SSSR count). The normalized spacial score (nSPS) is 14.0. The highest BCUT2D eigenvalue weighted by Crippen LogP contribution is 2.32. The van der Waals surface area contributed by atoms with E-state index in [0.29, 0.717) is 11.1 Å². The van der Waals surface area contributed by atoms with E-state index < -0.39 is 0 Å². The Morgan fingerprint density at radius 1 is 1.19 bits per heavy atom. The number of aromatic nitrogens is 2. The van der Waals surface area contributed by atoms with Crippen molar-refractivity contribution in [2.24, 2.45) is 0 Å². The van der Waals surface area contributed by atoms with Crippen molar-refractivity contribution in [2.75, 3.05) is 5.32 Å². The van der Waals surface area contributed by atoms with Gasteiger partial charge in [0.2, 0.25) is 5.91 Å². The lowest BCUT2D eigenvalue weighted by Crippen LogP contribution is -2.28. The second-order valence-electron chi connectivity index (χ2n) is 6.48. The second kappa shape index (κ2) is 7.32. The predicted octanol–water partition coefficient (Wildman–Crippen LogP) is 4.13. The van der Waals surface area contributed by atoms with Gasteiger partial charge >= 0.3 is 0 Å². The topological polar surface area (TPSA) is 64.0 Å². The van der Waals surface area contributed by atoms with Crippen LogP contribution in [-0.4, -0.2) is 15.5 Å². The SMILES string of the molecule is O=C(Cn1cnc2sc3c(c2c1=O)CCCCC3)Nc1ccc(Br)cc1. The monoisotopic (exact) mass is 431 g/mol. The molecule has 7 heteroatoms. The number of thiophene rings is 1. The summed E-state index contributed by atoms with van der Waals surface area (Å²) in [6.07, 6.45) is 6.93. The zero-order chi connectivity index (χ0) is 18.1. The van der Waals surface area contributed by atoms with Gasteiger partial charge in [0.05, 0.1) is 11.7 Å². The van der Waals surface area contributed by atoms with E-state index in [1.807, 2.05) is 24.3 Å². The van der Waals surface area contributed by atoms with Crippen LogP contribution in [-0.2, 0) is 24.2 Å². The van der Waals surface area contributed by atoms with E-state index in [1.54, 1.807) is 11.3 Å². The van der Waals surface area contributed by atoms with E-state index in [9.17, 15) is 9.59 Å². The van der Waals surface area contributed by atoms with Crippen LogP contribution in [0, 0.1) is 0 Å². The summed E-state index contributed by atoms with van der Waals surface area (Å²) in [7, 11) is 0. The summed E-state index contributed by atoms with van der Waals surface area (Å²) >= 11 is 4.99. The molecule has 3 aromatic rings. The van der Waals surface area contributed by atoms with Crippen LogP contribution in [0.2, 0.25) is 0 Å². The zero-order valence-electron chi connectivity index (χ0n) is 14.1. The summed E-state index contributed by atoms with van der Waals surface area (Å²) < 4.78 is 2.36. The number of benzene rings is 1. The lowest BCUT2D eigenvalue weighted by Gasteiger charge is -2.08. The van der Waals surface area contributed by atoms with Crippen molar-refractivity contribution in [3.8, 4) is 0 Å². The van der Waals surface area contributed by atoms with E-state index in [2.05, 4.69) is 26.2 Å². The molecule has 5 nitrogen and oxygen atoms in total. The zero-order valence-corrected chi connectivity index (χ0v) is 16.5. The number of aryl methyl sites for hydroxylation is 2. The Morgan fingerprint density at radius 3 is 2.77 bits per heavy atom. The van der Waals surface area contributed by atoms with Gasteiger partial charge < -0.3 is 5.32 Å². The first-order valence-corrected chi connectivity index (χ1v) is 10.3. The number of rotatable bonds is 3. The average Bonchev–Trinajstić information content (AvgIpc) is 2.82. The Balaban J connectivity index is 1.61. The summed E-state index contributed by atoms with van der Waals surface area (Å²) in [5, 5.41) is 3.53. The number of hydrogen-bond donors (Lipinski definition) is 1. The molecule has 1 amide bonds. The fourth-order valence-corrected chi connectivity index (χ4v) is 4.84. The Kier molecular flexibility index (Phi) is 4.91. The number of carbonyl (C=O) groups is 1. The summed E-state index contributed by atoms with van der Waals surface area (Å²) in [6, 6.07) is 7.34. The minimum Gasteiger partial charge on any atom is -0.325 e. The maximum Gasteiger partial charge on any atom is 0.262 e. The van der Waals surface area contributed by atoms with Gasteiger partial charge in [0.1, 0.15) is 11.4 Å². The van der Waals surface area contributed by atoms with Crippen molar-refractivity contribution >= 4 is 49.1 Å². The molecule has 1 aliphatic carbocycles. The predicted molar refractivity (Wildman–Crippen MR) is 108 cm³/mol. The van der Waals surface area contributed by atoms with E-state index in [0.717, 1.165) is 34.1 Å². The lowest BCUT2D eigenvalue weighted by molar-refractivity contribution is -0.116. The van der Waals surface area contributed by atoms with E-state index in [4.69, 9.17) is 0 Å². The Hall–Kier alpha value is -1.99. The lowest BCUT2D eigenvalue weighted by atomic mass is 10.1. The highest BCUT2D eigenvalue weighted by Gasteiger charge is 2.19. The number of nitrogens with one attached hydrogen (secondary N) is 1. The van der Waals surface area contributed by atoms with Gasteiger partial charge in [-0.25, -0.2) is 4.98 Å². The molecular formula is C19H18BrN3O2S. The summed E-state index contributed by atoms with van der Waals surface area (Å²) in [5.74, 6) is -0.239. The standard InChI is InChI=1S/C19H18BrN3O2S/c20-12-6-8-13(9-7-12)22-16(24)10-23-11-21-18-17(19(23)25)14-4-2-1-3-5-15(14)26-18/h6-9,11H,1-5,10H2,(H,22,24). The molecule has 26 heavy (non-hydrogen) atoms. The molecule has 0 fully saturated rings. The third-order valence-electron chi connectivity index (χ3n) is 4.63. The van der Waals surface area contributed by atoms with Crippen LogP contribution in [0.25, 0.3) is 10.2 Å². The van der Waals surface area contributed by atoms with Crippen molar-refractivity contribution < 1.29 is 4.79 Å². The van der Waals surface area contributed by atoms with Crippen LogP contribution < -0.4 is 10.9 Å². The van der Waals surface area contributed by atoms with Crippen LogP contribution >= 0.6 is 27.3 Å². The maximum atomic E-state index is 12.9. The molecule has 0 radical (unpaired) electrons. The molecular weight excluding hydrogens is 414 g/mol. The van der Waals surface area contributed by atoms with Gasteiger partial charge in [-0.1, -0.05) is 22.4 Å². The van der Waals surface area contributed by atoms with Gasteiger partial charge in [-0.2, -0.15) is 0 Å². The third kappa shape index (κ3) is 3.46. The molecule has 134 valence electrons. The number of fused-ring (bicyclic) bond motifs is 3. The highest BCUT2D eigenvalue weighted by molar-refractivity contribution is 9.10. The van der Waals surface area contributed by atoms with Crippen molar-refractivity contribution in [3.63, 3.8) is 0 Å². The van der Waals surface area contributed by atoms with E-state index >= 15 is 0 Å². The maximum absolute atomic E-state index is 12.9. The molecule has 0 unspecified atom stereocenters. The first-order valence-electron chi connectivity index (χ1n) is 8.67. The molecule has 1 aromatic carbocycles. The smallest absolute Gasteiger partial charge is 0.262 e. The number of hydrogen-bond acceptors (Lipinski definition) is 4. The van der Waals surface area contributed by atoms with Gasteiger partial charge in [0.15, 0.2) is 0 Å². The van der Waals surface area contributed by atoms with Crippen molar-refractivity contribution in [1.82, 2.24) is 9.55 Å². The molecule has 0 saturated heterocycles. The minimum absolute atomic E-state index is 0.0392. The van der Waals surface area contributed by atoms with Gasteiger partial charge in [-0.3, -0.25) is 14.2 Å². The minimum atomic E-state index is -0.239. The third-order valence-corrected chi connectivity index (χ3v) is 6.36. The number of anilines is 1. The molecule has 2 aromatic heterocycles. The Bertz CT molecular complexity index is 1020. The van der Waals surface area contributed by atoms with Crippen molar-refractivity contribution in [2.45, 2.75) is 38.6 Å².